The van der Waals surface area contributed by atoms with Gasteiger partial charge in [-0.2, -0.15) is 0 Å². The van der Waals surface area contributed by atoms with E-state index in [1.54, 1.807) is 0 Å². The summed E-state index contributed by atoms with van der Waals surface area (Å²) in [6.45, 7) is 6.18. The summed E-state index contributed by atoms with van der Waals surface area (Å²) in [5, 5.41) is 3.40. The molecule has 2 rings (SSSR count). The van der Waals surface area contributed by atoms with Gasteiger partial charge in [0.25, 0.3) is 0 Å². The summed E-state index contributed by atoms with van der Waals surface area (Å²) in [5.41, 5.74) is 5.14. The minimum Gasteiger partial charge on any atom is -0.344 e. The lowest BCUT2D eigenvalue weighted by Crippen LogP contribution is -2.17. The van der Waals surface area contributed by atoms with Crippen molar-refractivity contribution in [2.24, 2.45) is 0 Å². The molecule has 100 valence electrons. The van der Waals surface area contributed by atoms with Crippen molar-refractivity contribution in [3.63, 3.8) is 0 Å². The maximum absolute atomic E-state index is 3.40. The number of nitrogens with zero attached hydrogens (tertiary/aromatic N) is 1. The summed E-state index contributed by atoms with van der Waals surface area (Å²) >= 11 is 0. The molecule has 0 aromatic heterocycles. The molecule has 0 heterocycles. The molecular weight excluding hydrogens is 232 g/mol. The van der Waals surface area contributed by atoms with Crippen molar-refractivity contribution in [1.82, 2.24) is 5.32 Å². The smallest absolute Gasteiger partial charge is 0.0453 e. The number of para-hydroxylation sites is 2. The van der Waals surface area contributed by atoms with E-state index in [0.29, 0.717) is 0 Å². The van der Waals surface area contributed by atoms with Gasteiger partial charge in [0.05, 0.1) is 0 Å². The Kier molecular flexibility index (Phi) is 4.58. The summed E-state index contributed by atoms with van der Waals surface area (Å²) in [5.74, 6) is 0. The van der Waals surface area contributed by atoms with Gasteiger partial charge in [-0.15, -0.1) is 0 Å². The van der Waals surface area contributed by atoms with E-state index in [2.05, 4.69) is 79.6 Å². The molecule has 0 spiro atoms. The minimum atomic E-state index is 0.906. The Hall–Kier alpha value is -1.80. The fraction of sp³-hybridized carbons (Fsp3) is 0.294. The molecule has 0 amide bonds. The lowest BCUT2D eigenvalue weighted by molar-refractivity contribution is 0.726. The van der Waals surface area contributed by atoms with Crippen LogP contribution < -0.4 is 10.2 Å². The average Bonchev–Trinajstić information content (AvgIpc) is 2.45. The Labute approximate surface area is 116 Å². The van der Waals surface area contributed by atoms with Crippen molar-refractivity contribution in [2.45, 2.75) is 20.4 Å². The van der Waals surface area contributed by atoms with E-state index in [9.17, 15) is 0 Å². The summed E-state index contributed by atoms with van der Waals surface area (Å²) in [7, 11) is 2.13. The average molecular weight is 254 g/mol. The van der Waals surface area contributed by atoms with Gasteiger partial charge < -0.3 is 10.2 Å². The highest BCUT2D eigenvalue weighted by Crippen LogP contribution is 2.29. The SMILES string of the molecule is CCNCc1ccccc1N(C)c1ccccc1C. The highest BCUT2D eigenvalue weighted by atomic mass is 15.1. The third kappa shape index (κ3) is 3.15. The zero-order valence-electron chi connectivity index (χ0n) is 12.0. The summed E-state index contributed by atoms with van der Waals surface area (Å²) in [4.78, 5) is 2.27. The van der Waals surface area contributed by atoms with Gasteiger partial charge in [-0.05, 0) is 36.7 Å². The van der Waals surface area contributed by atoms with Crippen LogP contribution in [0.3, 0.4) is 0 Å². The molecule has 2 nitrogen and oxygen atoms in total. The molecule has 0 fully saturated rings. The molecule has 2 aromatic carbocycles. The predicted molar refractivity (Wildman–Crippen MR) is 83.1 cm³/mol. The van der Waals surface area contributed by atoms with Crippen molar-refractivity contribution in [2.75, 3.05) is 18.5 Å². The van der Waals surface area contributed by atoms with Crippen molar-refractivity contribution in [3.05, 3.63) is 59.7 Å². The lowest BCUT2D eigenvalue weighted by Gasteiger charge is -2.24. The molecule has 0 aliphatic heterocycles. The Morgan fingerprint density at radius 3 is 2.26 bits per heavy atom. The molecular formula is C17H22N2. The van der Waals surface area contributed by atoms with E-state index >= 15 is 0 Å². The molecule has 0 unspecified atom stereocenters. The predicted octanol–water partition coefficient (Wildman–Crippen LogP) is 3.87. The van der Waals surface area contributed by atoms with E-state index in [0.717, 1.165) is 13.1 Å². The summed E-state index contributed by atoms with van der Waals surface area (Å²) in [6, 6.07) is 17.0. The molecule has 1 N–H and O–H groups in total. The lowest BCUT2D eigenvalue weighted by atomic mass is 10.1. The quantitative estimate of drug-likeness (QED) is 0.871. The van der Waals surface area contributed by atoms with Crippen LogP contribution in [0.25, 0.3) is 0 Å². The van der Waals surface area contributed by atoms with Gasteiger partial charge in [-0.25, -0.2) is 0 Å². The molecule has 0 aliphatic carbocycles. The van der Waals surface area contributed by atoms with Crippen LogP contribution in [0.4, 0.5) is 11.4 Å². The van der Waals surface area contributed by atoms with Crippen LogP contribution in [-0.4, -0.2) is 13.6 Å². The summed E-state index contributed by atoms with van der Waals surface area (Å²) in [6.07, 6.45) is 0. The van der Waals surface area contributed by atoms with E-state index in [1.807, 2.05) is 0 Å². The molecule has 0 bridgehead atoms. The van der Waals surface area contributed by atoms with Gasteiger partial charge in [0, 0.05) is 25.0 Å². The maximum Gasteiger partial charge on any atom is 0.0453 e. The number of nitrogens with one attached hydrogen (secondary N) is 1. The van der Waals surface area contributed by atoms with Crippen molar-refractivity contribution in [1.29, 1.82) is 0 Å². The van der Waals surface area contributed by atoms with E-state index in [-0.39, 0.29) is 0 Å². The van der Waals surface area contributed by atoms with Gasteiger partial charge in [0.1, 0.15) is 0 Å². The zero-order chi connectivity index (χ0) is 13.7. The van der Waals surface area contributed by atoms with Crippen LogP contribution in [-0.2, 0) is 6.54 Å². The van der Waals surface area contributed by atoms with Crippen molar-refractivity contribution in [3.8, 4) is 0 Å². The fourth-order valence-corrected chi connectivity index (χ4v) is 2.32. The monoisotopic (exact) mass is 254 g/mol. The molecule has 0 aliphatic rings. The van der Waals surface area contributed by atoms with Crippen LogP contribution in [0.5, 0.6) is 0 Å². The Morgan fingerprint density at radius 2 is 1.58 bits per heavy atom. The van der Waals surface area contributed by atoms with Gasteiger partial charge in [-0.1, -0.05) is 43.3 Å². The third-order valence-corrected chi connectivity index (χ3v) is 3.40. The number of benzene rings is 2. The minimum absolute atomic E-state index is 0.906. The molecule has 0 saturated heterocycles. The molecule has 2 heteroatoms. The summed E-state index contributed by atoms with van der Waals surface area (Å²) < 4.78 is 0. The molecule has 2 aromatic rings. The number of hydrogen-bond donors (Lipinski definition) is 1. The first-order valence-electron chi connectivity index (χ1n) is 6.82. The van der Waals surface area contributed by atoms with Crippen LogP contribution in [0.15, 0.2) is 48.5 Å². The van der Waals surface area contributed by atoms with Crippen LogP contribution in [0.2, 0.25) is 0 Å². The van der Waals surface area contributed by atoms with Gasteiger partial charge in [0.15, 0.2) is 0 Å². The third-order valence-electron chi connectivity index (χ3n) is 3.40. The van der Waals surface area contributed by atoms with E-state index < -0.39 is 0 Å². The van der Waals surface area contributed by atoms with Crippen LogP contribution >= 0.6 is 0 Å². The number of rotatable bonds is 5. The van der Waals surface area contributed by atoms with E-state index in [4.69, 9.17) is 0 Å². The largest absolute Gasteiger partial charge is 0.344 e. The van der Waals surface area contributed by atoms with Gasteiger partial charge in [-0.3, -0.25) is 0 Å². The second-order valence-corrected chi connectivity index (χ2v) is 4.75. The fourth-order valence-electron chi connectivity index (χ4n) is 2.32. The van der Waals surface area contributed by atoms with Gasteiger partial charge >= 0.3 is 0 Å². The normalized spacial score (nSPS) is 10.5. The molecule has 0 saturated carbocycles. The maximum atomic E-state index is 3.40. The van der Waals surface area contributed by atoms with Crippen LogP contribution in [0, 0.1) is 6.92 Å². The molecule has 0 atom stereocenters. The number of hydrogen-bond acceptors (Lipinski definition) is 2. The Morgan fingerprint density at radius 1 is 0.947 bits per heavy atom. The van der Waals surface area contributed by atoms with Crippen molar-refractivity contribution >= 4 is 11.4 Å². The topological polar surface area (TPSA) is 15.3 Å². The Balaban J connectivity index is 2.33. The Bertz CT molecular complexity index is 534. The van der Waals surface area contributed by atoms with Gasteiger partial charge in [0.2, 0.25) is 0 Å². The van der Waals surface area contributed by atoms with E-state index in [1.165, 1.54) is 22.5 Å². The highest BCUT2D eigenvalue weighted by molar-refractivity contribution is 5.68. The highest BCUT2D eigenvalue weighted by Gasteiger charge is 2.09. The first-order valence-corrected chi connectivity index (χ1v) is 6.82. The second kappa shape index (κ2) is 6.39. The zero-order valence-corrected chi connectivity index (χ0v) is 12.0. The first kappa shape index (κ1) is 13.6. The standard InChI is InChI=1S/C17H22N2/c1-4-18-13-15-10-6-8-12-17(15)19(3)16-11-7-5-9-14(16)2/h5-12,18H,4,13H2,1-3H3. The molecule has 0 radical (unpaired) electrons. The number of aryl methyl sites for hydroxylation is 1. The molecule has 19 heavy (non-hydrogen) atoms. The van der Waals surface area contributed by atoms with Crippen molar-refractivity contribution < 1.29 is 0 Å². The first-order chi connectivity index (χ1) is 9.24. The second-order valence-electron chi connectivity index (χ2n) is 4.75. The number of anilines is 2. The van der Waals surface area contributed by atoms with Crippen LogP contribution in [0.1, 0.15) is 18.1 Å².